The fourth-order valence-corrected chi connectivity index (χ4v) is 2.62. The van der Waals surface area contributed by atoms with E-state index in [0.29, 0.717) is 11.5 Å². The number of nitrogens with one attached hydrogen (secondary N) is 2. The topological polar surface area (TPSA) is 83.8 Å². The van der Waals surface area contributed by atoms with Gasteiger partial charge in [0, 0.05) is 18.7 Å². The first-order valence-electron chi connectivity index (χ1n) is 7.07. The monoisotopic (exact) mass is 308 g/mol. The highest BCUT2D eigenvalue weighted by atomic mass is 32.2. The average molecular weight is 308 g/mol. The molecule has 0 amide bonds. The molecule has 0 aliphatic carbocycles. The van der Waals surface area contributed by atoms with E-state index in [1.165, 1.54) is 37.1 Å². The molecule has 2 N–H and O–H groups in total. The van der Waals surface area contributed by atoms with Gasteiger partial charge in [0.15, 0.2) is 0 Å². The maximum atomic E-state index is 10.7. The lowest BCUT2D eigenvalue weighted by molar-refractivity contribution is -0.384. The molecular weight excluding hydrogens is 288 g/mol. The van der Waals surface area contributed by atoms with Crippen LogP contribution in [0.3, 0.4) is 0 Å². The van der Waals surface area contributed by atoms with Gasteiger partial charge < -0.3 is 10.3 Å². The summed E-state index contributed by atoms with van der Waals surface area (Å²) in [6, 6.07) is 4.65. The second-order valence-corrected chi connectivity index (χ2v) is 5.86. The highest BCUT2D eigenvalue weighted by molar-refractivity contribution is 7.98. The van der Waals surface area contributed by atoms with Crippen molar-refractivity contribution in [1.29, 1.82) is 0 Å². The van der Waals surface area contributed by atoms with Gasteiger partial charge in [-0.25, -0.2) is 4.98 Å². The van der Waals surface area contributed by atoms with E-state index in [1.54, 1.807) is 6.07 Å². The number of hydrogen-bond acceptors (Lipinski definition) is 5. The first kappa shape index (κ1) is 15.6. The van der Waals surface area contributed by atoms with Crippen molar-refractivity contribution in [2.75, 3.05) is 23.9 Å². The standard InChI is InChI=1S/C14H20N4O2S/c1-21-9-5-3-2-4-8-15-14-16-12-7-6-11(18(19)20)10-13(12)17-14/h6-7,10H,2-5,8-9H2,1H3,(H2,15,16,17). The number of aromatic nitrogens is 2. The van der Waals surface area contributed by atoms with E-state index < -0.39 is 4.92 Å². The van der Waals surface area contributed by atoms with Crippen LogP contribution in [0.1, 0.15) is 25.7 Å². The molecule has 7 heteroatoms. The summed E-state index contributed by atoms with van der Waals surface area (Å²) in [4.78, 5) is 17.8. The minimum absolute atomic E-state index is 0.0755. The van der Waals surface area contributed by atoms with Crippen LogP contribution in [0, 0.1) is 10.1 Å². The molecule has 2 rings (SSSR count). The summed E-state index contributed by atoms with van der Waals surface area (Å²) in [5.41, 5.74) is 1.50. The van der Waals surface area contributed by atoms with E-state index in [1.807, 2.05) is 11.8 Å². The van der Waals surface area contributed by atoms with E-state index in [2.05, 4.69) is 21.5 Å². The molecule has 2 aromatic rings. The summed E-state index contributed by atoms with van der Waals surface area (Å²) in [5.74, 6) is 1.91. The number of aromatic amines is 1. The number of rotatable bonds is 9. The molecule has 0 atom stereocenters. The molecule has 0 aliphatic heterocycles. The van der Waals surface area contributed by atoms with Gasteiger partial charge in [0.25, 0.3) is 5.69 Å². The van der Waals surface area contributed by atoms with Crippen molar-refractivity contribution in [3.05, 3.63) is 28.3 Å². The smallest absolute Gasteiger partial charge is 0.271 e. The molecule has 1 aromatic carbocycles. The van der Waals surface area contributed by atoms with Gasteiger partial charge in [-0.3, -0.25) is 10.1 Å². The zero-order chi connectivity index (χ0) is 15.1. The third-order valence-corrected chi connectivity index (χ3v) is 3.94. The van der Waals surface area contributed by atoms with Crippen molar-refractivity contribution >= 4 is 34.4 Å². The number of imidazole rings is 1. The van der Waals surface area contributed by atoms with E-state index in [-0.39, 0.29) is 5.69 Å². The summed E-state index contributed by atoms with van der Waals surface area (Å²) < 4.78 is 0. The number of H-pyrrole nitrogens is 1. The quantitative estimate of drug-likeness (QED) is 0.418. The molecule has 21 heavy (non-hydrogen) atoms. The molecule has 1 aromatic heterocycles. The van der Waals surface area contributed by atoms with E-state index in [0.717, 1.165) is 18.5 Å². The van der Waals surface area contributed by atoms with Crippen molar-refractivity contribution in [2.45, 2.75) is 25.7 Å². The highest BCUT2D eigenvalue weighted by Crippen LogP contribution is 2.20. The van der Waals surface area contributed by atoms with Crippen molar-refractivity contribution in [3.63, 3.8) is 0 Å². The van der Waals surface area contributed by atoms with Gasteiger partial charge in [-0.15, -0.1) is 0 Å². The Labute approximate surface area is 127 Å². The van der Waals surface area contributed by atoms with Crippen LogP contribution in [-0.2, 0) is 0 Å². The van der Waals surface area contributed by atoms with Crippen LogP contribution < -0.4 is 5.32 Å². The maximum Gasteiger partial charge on any atom is 0.271 e. The molecule has 1 heterocycles. The van der Waals surface area contributed by atoms with E-state index >= 15 is 0 Å². The zero-order valence-corrected chi connectivity index (χ0v) is 12.9. The molecule has 0 bridgehead atoms. The third kappa shape index (κ3) is 4.63. The number of thioether (sulfide) groups is 1. The lowest BCUT2D eigenvalue weighted by Gasteiger charge is -2.02. The van der Waals surface area contributed by atoms with Crippen LogP contribution >= 0.6 is 11.8 Å². The number of anilines is 1. The number of nitrogens with zero attached hydrogens (tertiary/aromatic N) is 2. The van der Waals surface area contributed by atoms with Gasteiger partial charge in [-0.1, -0.05) is 12.8 Å². The fourth-order valence-electron chi connectivity index (χ4n) is 2.13. The van der Waals surface area contributed by atoms with Crippen molar-refractivity contribution in [1.82, 2.24) is 9.97 Å². The molecule has 114 valence electrons. The lowest BCUT2D eigenvalue weighted by atomic mass is 10.2. The van der Waals surface area contributed by atoms with Crippen LogP contribution in [0.2, 0.25) is 0 Å². The lowest BCUT2D eigenvalue weighted by Crippen LogP contribution is -2.02. The van der Waals surface area contributed by atoms with Crippen LogP contribution in [0.4, 0.5) is 11.6 Å². The Morgan fingerprint density at radius 1 is 1.33 bits per heavy atom. The first-order valence-corrected chi connectivity index (χ1v) is 8.47. The maximum absolute atomic E-state index is 10.7. The van der Waals surface area contributed by atoms with Crippen LogP contribution in [0.15, 0.2) is 18.2 Å². The predicted octanol–water partition coefficient (Wildman–Crippen LogP) is 3.81. The number of nitro benzene ring substituents is 1. The summed E-state index contributed by atoms with van der Waals surface area (Å²) >= 11 is 1.89. The SMILES string of the molecule is CSCCCCCCNc1nc2ccc([N+](=O)[O-])cc2[nH]1. The molecule has 0 spiro atoms. The predicted molar refractivity (Wildman–Crippen MR) is 88.1 cm³/mol. The Hall–Kier alpha value is -1.76. The highest BCUT2D eigenvalue weighted by Gasteiger charge is 2.09. The summed E-state index contributed by atoms with van der Waals surface area (Å²) in [6.07, 6.45) is 6.97. The molecular formula is C14H20N4O2S. The Balaban J connectivity index is 1.81. The molecule has 0 aliphatic rings. The van der Waals surface area contributed by atoms with E-state index in [9.17, 15) is 10.1 Å². The number of non-ortho nitro benzene ring substituents is 1. The molecule has 6 nitrogen and oxygen atoms in total. The van der Waals surface area contributed by atoms with Gasteiger partial charge in [0.05, 0.1) is 16.0 Å². The Kier molecular flexibility index (Phi) is 5.86. The van der Waals surface area contributed by atoms with Gasteiger partial charge in [-0.05, 0) is 30.9 Å². The molecule has 0 radical (unpaired) electrons. The van der Waals surface area contributed by atoms with E-state index in [4.69, 9.17) is 0 Å². The number of fused-ring (bicyclic) bond motifs is 1. The summed E-state index contributed by atoms with van der Waals surface area (Å²) in [6.45, 7) is 0.862. The summed E-state index contributed by atoms with van der Waals surface area (Å²) in [5, 5.41) is 14.0. The van der Waals surface area contributed by atoms with Crippen LogP contribution in [0.25, 0.3) is 11.0 Å². The van der Waals surface area contributed by atoms with Crippen molar-refractivity contribution < 1.29 is 4.92 Å². The van der Waals surface area contributed by atoms with Crippen LogP contribution in [0.5, 0.6) is 0 Å². The largest absolute Gasteiger partial charge is 0.356 e. The second-order valence-electron chi connectivity index (χ2n) is 4.88. The van der Waals surface area contributed by atoms with Crippen molar-refractivity contribution in [3.8, 4) is 0 Å². The average Bonchev–Trinajstić information content (AvgIpc) is 2.88. The Morgan fingerprint density at radius 3 is 2.90 bits per heavy atom. The second kappa shape index (κ2) is 7.87. The van der Waals surface area contributed by atoms with Crippen molar-refractivity contribution in [2.24, 2.45) is 0 Å². The molecule has 0 saturated heterocycles. The number of nitro groups is 1. The zero-order valence-electron chi connectivity index (χ0n) is 12.1. The molecule has 0 fully saturated rings. The van der Waals surface area contributed by atoms with Gasteiger partial charge in [0.2, 0.25) is 5.95 Å². The Morgan fingerprint density at radius 2 is 2.14 bits per heavy atom. The first-order chi connectivity index (χ1) is 10.2. The summed E-state index contributed by atoms with van der Waals surface area (Å²) in [7, 11) is 0. The number of benzene rings is 1. The number of unbranched alkanes of at least 4 members (excludes halogenated alkanes) is 3. The van der Waals surface area contributed by atoms with Gasteiger partial charge in [0.1, 0.15) is 0 Å². The minimum Gasteiger partial charge on any atom is -0.356 e. The molecule has 0 unspecified atom stereocenters. The Bertz CT molecular complexity index is 600. The van der Waals surface area contributed by atoms with Gasteiger partial charge >= 0.3 is 0 Å². The van der Waals surface area contributed by atoms with Crippen LogP contribution in [-0.4, -0.2) is 33.4 Å². The number of hydrogen-bond donors (Lipinski definition) is 2. The normalized spacial score (nSPS) is 10.9. The fraction of sp³-hybridized carbons (Fsp3) is 0.500. The van der Waals surface area contributed by atoms with Gasteiger partial charge in [-0.2, -0.15) is 11.8 Å². The minimum atomic E-state index is -0.401. The molecule has 0 saturated carbocycles. The third-order valence-electron chi connectivity index (χ3n) is 3.24.